The summed E-state index contributed by atoms with van der Waals surface area (Å²) in [6.45, 7) is 0. The lowest BCUT2D eigenvalue weighted by Crippen LogP contribution is -2.08. The number of hydrogen-bond donors (Lipinski definition) is 2. The summed E-state index contributed by atoms with van der Waals surface area (Å²) in [5.41, 5.74) is 2.05. The van der Waals surface area contributed by atoms with E-state index in [0.29, 0.717) is 11.5 Å². The van der Waals surface area contributed by atoms with Gasteiger partial charge in [0.05, 0.1) is 5.69 Å². The largest absolute Gasteiger partial charge is 0.508 e. The van der Waals surface area contributed by atoms with E-state index >= 15 is 0 Å². The Morgan fingerprint density at radius 2 is 1.60 bits per heavy atom. The molecule has 98 valence electrons. The molecular weight excluding hydrogens is 252 g/mol. The van der Waals surface area contributed by atoms with Crippen LogP contribution in [0.3, 0.4) is 0 Å². The number of H-pyrrole nitrogens is 1. The number of nitrogens with one attached hydrogen (secondary N) is 1. The molecule has 2 N–H and O–H groups in total. The molecule has 0 amide bonds. The maximum absolute atomic E-state index is 11.8. The Bertz CT molecular complexity index is 778. The van der Waals surface area contributed by atoms with Crippen LogP contribution in [-0.2, 0) is 0 Å². The first-order chi connectivity index (χ1) is 9.72. The van der Waals surface area contributed by atoms with Crippen LogP contribution >= 0.6 is 0 Å². The van der Waals surface area contributed by atoms with Crippen LogP contribution < -0.4 is 5.56 Å². The molecule has 0 unspecified atom stereocenters. The third-order valence-corrected chi connectivity index (χ3v) is 2.95. The summed E-state index contributed by atoms with van der Waals surface area (Å²) in [4.78, 5) is 19.0. The average Bonchev–Trinajstić information content (AvgIpc) is 2.48. The van der Waals surface area contributed by atoms with Crippen LogP contribution in [-0.4, -0.2) is 15.1 Å². The number of phenolic OH excluding ortho intramolecular Hbond substituents is 1. The second-order valence-corrected chi connectivity index (χ2v) is 4.39. The molecular formula is C16H12N2O2. The summed E-state index contributed by atoms with van der Waals surface area (Å²) >= 11 is 0. The molecule has 20 heavy (non-hydrogen) atoms. The predicted octanol–water partition coefficient (Wildman–Crippen LogP) is 2.81. The highest BCUT2D eigenvalue weighted by Gasteiger charge is 2.05. The Hall–Kier alpha value is -2.88. The molecule has 0 aliphatic rings. The summed E-state index contributed by atoms with van der Waals surface area (Å²) in [6, 6.07) is 17.5. The number of hydrogen-bond acceptors (Lipinski definition) is 3. The fraction of sp³-hybridized carbons (Fsp3) is 0. The Balaban J connectivity index is 2.12. The Morgan fingerprint density at radius 3 is 2.30 bits per heavy atom. The highest BCUT2D eigenvalue weighted by molar-refractivity contribution is 5.63. The van der Waals surface area contributed by atoms with Gasteiger partial charge in [-0.1, -0.05) is 30.3 Å². The molecule has 0 fully saturated rings. The van der Waals surface area contributed by atoms with E-state index in [2.05, 4.69) is 9.97 Å². The number of aromatic hydroxyl groups is 1. The van der Waals surface area contributed by atoms with Crippen LogP contribution in [0.25, 0.3) is 22.6 Å². The van der Waals surface area contributed by atoms with E-state index in [0.717, 1.165) is 11.1 Å². The lowest BCUT2D eigenvalue weighted by Gasteiger charge is -2.05. The van der Waals surface area contributed by atoms with Crippen LogP contribution in [0.15, 0.2) is 65.5 Å². The molecule has 1 aromatic heterocycles. The second-order valence-electron chi connectivity index (χ2n) is 4.39. The highest BCUT2D eigenvalue weighted by Crippen LogP contribution is 2.20. The first-order valence-electron chi connectivity index (χ1n) is 6.18. The van der Waals surface area contributed by atoms with E-state index in [1.807, 2.05) is 30.3 Å². The number of aromatic nitrogens is 2. The summed E-state index contributed by atoms with van der Waals surface area (Å²) in [7, 11) is 0. The van der Waals surface area contributed by atoms with Crippen molar-refractivity contribution >= 4 is 0 Å². The zero-order chi connectivity index (χ0) is 13.9. The molecule has 4 nitrogen and oxygen atoms in total. The number of benzene rings is 2. The van der Waals surface area contributed by atoms with Crippen molar-refractivity contribution in [2.75, 3.05) is 0 Å². The van der Waals surface area contributed by atoms with E-state index in [-0.39, 0.29) is 11.3 Å². The smallest absolute Gasteiger partial charge is 0.251 e. The van der Waals surface area contributed by atoms with E-state index in [9.17, 15) is 9.90 Å². The summed E-state index contributed by atoms with van der Waals surface area (Å²) in [6.07, 6.45) is 0. The lowest BCUT2D eigenvalue weighted by atomic mass is 10.1. The van der Waals surface area contributed by atoms with Gasteiger partial charge in [0.25, 0.3) is 5.56 Å². The molecule has 0 saturated heterocycles. The van der Waals surface area contributed by atoms with Gasteiger partial charge in [0.1, 0.15) is 11.6 Å². The molecule has 3 aromatic rings. The van der Waals surface area contributed by atoms with Crippen molar-refractivity contribution in [2.24, 2.45) is 0 Å². The molecule has 0 radical (unpaired) electrons. The number of aromatic amines is 1. The molecule has 0 atom stereocenters. The van der Waals surface area contributed by atoms with Gasteiger partial charge in [-0.2, -0.15) is 0 Å². The monoisotopic (exact) mass is 264 g/mol. The number of nitrogens with zero attached hydrogens (tertiary/aromatic N) is 1. The fourth-order valence-corrected chi connectivity index (χ4v) is 1.97. The number of phenols is 1. The van der Waals surface area contributed by atoms with E-state index in [1.165, 1.54) is 6.07 Å². The maximum atomic E-state index is 11.8. The SMILES string of the molecule is O=c1cc(-c2ccccc2)nc(-c2ccc(O)cc2)[nH]1. The second kappa shape index (κ2) is 5.01. The van der Waals surface area contributed by atoms with Gasteiger partial charge in [0.15, 0.2) is 0 Å². The van der Waals surface area contributed by atoms with Gasteiger partial charge in [-0.15, -0.1) is 0 Å². The van der Waals surface area contributed by atoms with Crippen molar-refractivity contribution in [3.05, 3.63) is 71.0 Å². The van der Waals surface area contributed by atoms with Gasteiger partial charge in [-0.05, 0) is 24.3 Å². The third-order valence-electron chi connectivity index (χ3n) is 2.95. The minimum absolute atomic E-state index is 0.176. The number of rotatable bonds is 2. The first-order valence-corrected chi connectivity index (χ1v) is 6.18. The fourth-order valence-electron chi connectivity index (χ4n) is 1.97. The van der Waals surface area contributed by atoms with Crippen molar-refractivity contribution in [1.82, 2.24) is 9.97 Å². The zero-order valence-corrected chi connectivity index (χ0v) is 10.6. The standard InChI is InChI=1S/C16H12N2O2/c19-13-8-6-12(7-9-13)16-17-14(10-15(20)18-16)11-4-2-1-3-5-11/h1-10,19H,(H,17,18,20). The third kappa shape index (κ3) is 2.44. The summed E-state index contributed by atoms with van der Waals surface area (Å²) < 4.78 is 0. The molecule has 3 rings (SSSR count). The quantitative estimate of drug-likeness (QED) is 0.748. The molecule has 0 spiro atoms. The zero-order valence-electron chi connectivity index (χ0n) is 10.6. The molecule has 1 heterocycles. The van der Waals surface area contributed by atoms with Crippen LogP contribution in [0.1, 0.15) is 0 Å². The van der Waals surface area contributed by atoms with Crippen molar-refractivity contribution < 1.29 is 5.11 Å². The Kier molecular flexibility index (Phi) is 3.05. The van der Waals surface area contributed by atoms with Crippen LogP contribution in [0.4, 0.5) is 0 Å². The van der Waals surface area contributed by atoms with E-state index in [1.54, 1.807) is 24.3 Å². The van der Waals surface area contributed by atoms with Crippen molar-refractivity contribution in [3.8, 4) is 28.4 Å². The normalized spacial score (nSPS) is 10.4. The van der Waals surface area contributed by atoms with Crippen LogP contribution in [0.5, 0.6) is 5.75 Å². The van der Waals surface area contributed by atoms with Crippen molar-refractivity contribution in [3.63, 3.8) is 0 Å². The minimum Gasteiger partial charge on any atom is -0.508 e. The van der Waals surface area contributed by atoms with E-state index < -0.39 is 0 Å². The molecule has 4 heteroatoms. The molecule has 2 aromatic carbocycles. The summed E-state index contributed by atoms with van der Waals surface area (Å²) in [5, 5.41) is 9.30. The van der Waals surface area contributed by atoms with Gasteiger partial charge >= 0.3 is 0 Å². The average molecular weight is 264 g/mol. The van der Waals surface area contributed by atoms with Gasteiger partial charge in [-0.25, -0.2) is 4.98 Å². The van der Waals surface area contributed by atoms with Gasteiger partial charge in [-0.3, -0.25) is 4.79 Å². The van der Waals surface area contributed by atoms with Gasteiger partial charge in [0, 0.05) is 17.2 Å². The van der Waals surface area contributed by atoms with E-state index in [4.69, 9.17) is 0 Å². The lowest BCUT2D eigenvalue weighted by molar-refractivity contribution is 0.475. The first kappa shape index (κ1) is 12.2. The van der Waals surface area contributed by atoms with Crippen LogP contribution in [0, 0.1) is 0 Å². The predicted molar refractivity (Wildman–Crippen MR) is 77.4 cm³/mol. The maximum Gasteiger partial charge on any atom is 0.251 e. The molecule has 0 saturated carbocycles. The Morgan fingerprint density at radius 1 is 0.900 bits per heavy atom. The van der Waals surface area contributed by atoms with Crippen molar-refractivity contribution in [1.29, 1.82) is 0 Å². The van der Waals surface area contributed by atoms with Gasteiger partial charge in [0.2, 0.25) is 0 Å². The Labute approximate surface area is 115 Å². The molecule has 0 aliphatic carbocycles. The van der Waals surface area contributed by atoms with Gasteiger partial charge < -0.3 is 10.1 Å². The highest BCUT2D eigenvalue weighted by atomic mass is 16.3. The van der Waals surface area contributed by atoms with Crippen molar-refractivity contribution in [2.45, 2.75) is 0 Å². The molecule has 0 aliphatic heterocycles. The van der Waals surface area contributed by atoms with Crippen LogP contribution in [0.2, 0.25) is 0 Å². The summed E-state index contributed by atoms with van der Waals surface area (Å²) in [5.74, 6) is 0.659. The topological polar surface area (TPSA) is 66.0 Å². The minimum atomic E-state index is -0.207. The molecule has 0 bridgehead atoms.